The van der Waals surface area contributed by atoms with Gasteiger partial charge in [0.05, 0.1) is 66.3 Å². The maximum atomic E-state index is 11.7. The summed E-state index contributed by atoms with van der Waals surface area (Å²) in [6, 6.07) is 59.3. The molecule has 3 heterocycles. The fraction of sp³-hybridized carbons (Fsp3) is 0.467. The summed E-state index contributed by atoms with van der Waals surface area (Å²) >= 11 is 4.63. The van der Waals surface area contributed by atoms with Crippen molar-refractivity contribution in [3.63, 3.8) is 0 Å². The van der Waals surface area contributed by atoms with Crippen molar-refractivity contribution in [2.75, 3.05) is 40.8 Å². The number of methoxy groups -OCH3 is 1. The van der Waals surface area contributed by atoms with Crippen LogP contribution in [0.3, 0.4) is 0 Å². The van der Waals surface area contributed by atoms with E-state index >= 15 is 0 Å². The van der Waals surface area contributed by atoms with Crippen molar-refractivity contribution >= 4 is 95.1 Å². The average Bonchev–Trinajstić information content (AvgIpc) is 1.75. The number of carbonyl (C=O) groups excluding carboxylic acids is 9. The number of esters is 7. The summed E-state index contributed by atoms with van der Waals surface area (Å²) in [5.41, 5.74) is 11.3. The van der Waals surface area contributed by atoms with E-state index in [0.717, 1.165) is 35.6 Å². The van der Waals surface area contributed by atoms with Gasteiger partial charge in [-0.25, -0.2) is 0 Å². The SMILES string of the molecule is CC(CC1C(=O)OC(=O)C1C)c1ccccc1.CC(CC1C(=O)OC(=O)C1C)c1ccccc1.CC(CC1C(=O)OC(=O)C1C)c1ccccc1.CN.CNC(=O)C(C)C(CC(C)c1ccccc1)C(=O)O.CO.COC(=O)C(C)C(CC(C)c1ccccc1)C(=O)O.CS.CSC(=O)C(C)C(CC(C)c1ccccc1)C(=O)O. The van der Waals surface area contributed by atoms with Crippen LogP contribution in [0.15, 0.2) is 182 Å². The van der Waals surface area contributed by atoms with Crippen molar-refractivity contribution in [1.29, 1.82) is 0 Å². The Morgan fingerprint density at radius 1 is 0.395 bits per heavy atom. The highest BCUT2D eigenvalue weighted by atomic mass is 32.2. The van der Waals surface area contributed by atoms with Crippen LogP contribution in [-0.2, 0) is 76.5 Å². The Kier molecular flexibility index (Phi) is 49.4. The number of aliphatic hydroxyl groups is 1. The third kappa shape index (κ3) is 33.8. The molecule has 6 aromatic rings. The molecule has 6 aromatic carbocycles. The molecule has 0 saturated carbocycles. The lowest BCUT2D eigenvalue weighted by Gasteiger charge is -2.22. The Morgan fingerprint density at radius 3 is 0.789 bits per heavy atom. The van der Waals surface area contributed by atoms with E-state index < -0.39 is 59.4 Å². The smallest absolute Gasteiger partial charge is 0.317 e. The van der Waals surface area contributed by atoms with Crippen LogP contribution >= 0.6 is 24.4 Å². The highest BCUT2D eigenvalue weighted by Gasteiger charge is 2.44. The van der Waals surface area contributed by atoms with E-state index in [1.807, 2.05) is 203 Å². The Balaban J connectivity index is 0.000000675. The predicted octanol–water partition coefficient (Wildman–Crippen LogP) is 15.6. The van der Waals surface area contributed by atoms with Gasteiger partial charge in [-0.05, 0) is 127 Å². The molecule has 0 aliphatic carbocycles. The molecule has 9 rings (SSSR count). The van der Waals surface area contributed by atoms with E-state index in [9.17, 15) is 72.9 Å². The van der Waals surface area contributed by atoms with E-state index in [2.05, 4.69) is 63.4 Å². The van der Waals surface area contributed by atoms with Gasteiger partial charge in [0.1, 0.15) is 0 Å². The van der Waals surface area contributed by atoms with Crippen LogP contribution in [0.2, 0.25) is 0 Å². The lowest BCUT2D eigenvalue weighted by atomic mass is 9.83. The number of carboxylic acids is 3. The van der Waals surface area contributed by atoms with Crippen LogP contribution in [0, 0.1) is 71.0 Å². The number of ether oxygens (including phenoxy) is 4. The fourth-order valence-corrected chi connectivity index (χ4v) is 13.8. The molecule has 0 bridgehead atoms. The number of amides is 1. The molecule has 1 amide bonds. The number of aliphatic carboxylic acids is 3. The molecular weight excluding hydrogens is 1490 g/mol. The zero-order chi connectivity index (χ0) is 86.5. The van der Waals surface area contributed by atoms with Crippen LogP contribution in [-0.4, -0.2) is 132 Å². The molecule has 0 spiro atoms. The number of nitrogens with two attached hydrogens (primary N) is 1. The molecule has 7 N–H and O–H groups in total. The minimum atomic E-state index is -0.958. The summed E-state index contributed by atoms with van der Waals surface area (Å²) in [6.45, 7) is 22.4. The molecule has 624 valence electrons. The molecule has 18 unspecified atom stereocenters. The van der Waals surface area contributed by atoms with Crippen molar-refractivity contribution < 1.29 is 96.9 Å². The number of benzene rings is 6. The third-order valence-electron chi connectivity index (χ3n) is 20.9. The summed E-state index contributed by atoms with van der Waals surface area (Å²) in [7, 11) is 5.30. The fourth-order valence-electron chi connectivity index (χ4n) is 13.3. The van der Waals surface area contributed by atoms with Gasteiger partial charge in [-0.3, -0.25) is 57.5 Å². The maximum Gasteiger partial charge on any atom is 0.317 e. The van der Waals surface area contributed by atoms with Crippen LogP contribution in [0.4, 0.5) is 0 Å². The van der Waals surface area contributed by atoms with Crippen molar-refractivity contribution in [2.45, 2.75) is 157 Å². The van der Waals surface area contributed by atoms with Crippen LogP contribution in [0.25, 0.3) is 0 Å². The first kappa shape index (κ1) is 102. The van der Waals surface area contributed by atoms with Gasteiger partial charge in [-0.15, -0.1) is 0 Å². The van der Waals surface area contributed by atoms with Crippen molar-refractivity contribution in [1.82, 2.24) is 5.32 Å². The number of aliphatic hydroxyl groups excluding tert-OH is 1. The zero-order valence-corrected chi connectivity index (χ0v) is 70.9. The topological polar surface area (TPSA) is 361 Å². The third-order valence-corrected chi connectivity index (χ3v) is 21.6. The summed E-state index contributed by atoms with van der Waals surface area (Å²) in [4.78, 5) is 137. The number of carboxylic acid groups (broad SMARTS) is 3. The lowest BCUT2D eigenvalue weighted by Crippen LogP contribution is -2.35. The Morgan fingerprint density at radius 2 is 0.605 bits per heavy atom. The first-order valence-corrected chi connectivity index (χ1v) is 40.4. The summed E-state index contributed by atoms with van der Waals surface area (Å²) in [6.07, 6.45) is 6.72. The average molecular weight is 1620 g/mol. The number of hydrogen-bond acceptors (Lipinski definition) is 20. The van der Waals surface area contributed by atoms with E-state index in [0.29, 0.717) is 38.5 Å². The quantitative estimate of drug-likeness (QED) is 0.0109. The number of thiol groups is 1. The van der Waals surface area contributed by atoms with Crippen LogP contribution < -0.4 is 11.1 Å². The second-order valence-electron chi connectivity index (χ2n) is 28.6. The monoisotopic (exact) mass is 1610 g/mol. The number of hydrogen-bond donors (Lipinski definition) is 7. The molecule has 3 saturated heterocycles. The zero-order valence-electron chi connectivity index (χ0n) is 69.2. The van der Waals surface area contributed by atoms with Crippen molar-refractivity contribution in [3.8, 4) is 0 Å². The van der Waals surface area contributed by atoms with Gasteiger partial charge in [0, 0.05) is 26.0 Å². The first-order valence-electron chi connectivity index (χ1n) is 38.3. The molecule has 18 atom stereocenters. The minimum absolute atomic E-state index is 0.0624. The Hall–Kier alpha value is -9.62. The van der Waals surface area contributed by atoms with Gasteiger partial charge < -0.3 is 50.4 Å². The van der Waals surface area contributed by atoms with E-state index in [4.69, 9.17) is 5.11 Å². The number of thioether (sulfide) groups is 1. The number of carbonyl (C=O) groups is 12. The molecule has 114 heavy (non-hydrogen) atoms. The van der Waals surface area contributed by atoms with Crippen LogP contribution in [0.5, 0.6) is 0 Å². The predicted molar refractivity (Wildman–Crippen MR) is 447 cm³/mol. The Bertz CT molecular complexity index is 3480. The summed E-state index contributed by atoms with van der Waals surface area (Å²) in [5, 5.41) is 37.4. The van der Waals surface area contributed by atoms with Gasteiger partial charge in [0.15, 0.2) is 5.12 Å². The standard InChI is InChI=1S/C15H21NO3.C15H20O4.C15H20O3S.3C14H16O3.CH5N.CH4O.CH4S/c1-10(12-7-5-4-6-8-12)9-13(15(18)19)11(2)14(17)16-3;2*1-10(12-7-5-4-6-8-12)9-13(14(16)17)11(2)15(18)19-3;3*1-9(11-6-4-3-5-7-11)8-12-10(2)13(15)17-14(12)16;3*1-2/h4-8,10-11,13H,9H2,1-3H3,(H,16,17)(H,18,19);2*4-8,10-11,13H,9H2,1-3H3,(H,16,17);3*3-7,9-10,12H,8H2,1-2H3;2H2,1H3;2*2H,1H3. The number of cyclic esters (lactones) is 6. The lowest BCUT2D eigenvalue weighted by molar-refractivity contribution is -0.155. The van der Waals surface area contributed by atoms with Gasteiger partial charge in [0.25, 0.3) is 0 Å². The molecule has 24 heteroatoms. The molecule has 3 aliphatic rings. The number of rotatable bonds is 27. The molecule has 3 fully saturated rings. The highest BCUT2D eigenvalue weighted by Crippen LogP contribution is 2.37. The second kappa shape index (κ2) is 55.0. The van der Waals surface area contributed by atoms with Gasteiger partial charge in [-0.1, -0.05) is 277 Å². The number of nitrogens with one attached hydrogen (secondary N) is 1. The normalized spacial score (nSPS) is 19.4. The van der Waals surface area contributed by atoms with E-state index in [-0.39, 0.29) is 118 Å². The summed E-state index contributed by atoms with van der Waals surface area (Å²) in [5.74, 6) is -10.2. The van der Waals surface area contributed by atoms with Crippen LogP contribution in [0.1, 0.15) is 190 Å². The van der Waals surface area contributed by atoms with E-state index in [1.54, 1.807) is 54.1 Å². The molecule has 0 radical (unpaired) electrons. The molecule has 0 aromatic heterocycles. The first-order chi connectivity index (χ1) is 54.2. The Labute approximate surface area is 683 Å². The van der Waals surface area contributed by atoms with Gasteiger partial charge in [-0.2, -0.15) is 12.6 Å². The maximum absolute atomic E-state index is 11.7. The highest BCUT2D eigenvalue weighted by molar-refractivity contribution is 8.13. The van der Waals surface area contributed by atoms with Gasteiger partial charge >= 0.3 is 59.7 Å². The largest absolute Gasteiger partial charge is 0.481 e. The molecule has 3 aliphatic heterocycles. The molecular formula is C90H122N2O20S2. The van der Waals surface area contributed by atoms with Gasteiger partial charge in [0.2, 0.25) is 5.91 Å². The molecule has 22 nitrogen and oxygen atoms in total. The summed E-state index contributed by atoms with van der Waals surface area (Å²) < 4.78 is 18.6. The second-order valence-corrected chi connectivity index (χ2v) is 29.4. The minimum Gasteiger partial charge on any atom is -0.481 e. The van der Waals surface area contributed by atoms with Crippen molar-refractivity contribution in [3.05, 3.63) is 215 Å². The van der Waals surface area contributed by atoms with Crippen molar-refractivity contribution in [2.24, 2.45) is 76.7 Å². The van der Waals surface area contributed by atoms with E-state index in [1.165, 1.54) is 37.9 Å².